The van der Waals surface area contributed by atoms with Crippen molar-refractivity contribution in [2.75, 3.05) is 6.61 Å². The Bertz CT molecular complexity index is 946. The first-order valence-electron chi connectivity index (χ1n) is 8.16. The second-order valence-corrected chi connectivity index (χ2v) is 5.84. The summed E-state index contributed by atoms with van der Waals surface area (Å²) in [5, 5.41) is 8.77. The molecule has 3 rings (SSSR count). The van der Waals surface area contributed by atoms with Crippen LogP contribution in [-0.4, -0.2) is 22.3 Å². The SMILES string of the molecule is Cc1nccn1-c1cccc(OC[C@H](C)Oc2ccc(C#N)cc2F)c1. The van der Waals surface area contributed by atoms with Crippen LogP contribution < -0.4 is 9.47 Å². The molecule has 6 heteroatoms. The number of imidazole rings is 1. The molecule has 0 aliphatic carbocycles. The van der Waals surface area contributed by atoms with Gasteiger partial charge in [-0.2, -0.15) is 5.26 Å². The van der Waals surface area contributed by atoms with E-state index in [0.717, 1.165) is 17.6 Å². The maximum absolute atomic E-state index is 13.9. The molecule has 0 fully saturated rings. The van der Waals surface area contributed by atoms with Gasteiger partial charge < -0.3 is 14.0 Å². The number of nitriles is 1. The lowest BCUT2D eigenvalue weighted by atomic mass is 10.2. The number of hydrogen-bond acceptors (Lipinski definition) is 4. The molecule has 0 spiro atoms. The highest BCUT2D eigenvalue weighted by Gasteiger charge is 2.11. The van der Waals surface area contributed by atoms with Gasteiger partial charge in [0.15, 0.2) is 11.6 Å². The van der Waals surface area contributed by atoms with Crippen molar-refractivity contribution in [1.82, 2.24) is 9.55 Å². The third kappa shape index (κ3) is 4.01. The van der Waals surface area contributed by atoms with Crippen molar-refractivity contribution in [2.24, 2.45) is 0 Å². The summed E-state index contributed by atoms with van der Waals surface area (Å²) in [5.41, 5.74) is 1.20. The van der Waals surface area contributed by atoms with Crippen LogP contribution in [-0.2, 0) is 0 Å². The fourth-order valence-electron chi connectivity index (χ4n) is 2.50. The molecule has 1 heterocycles. The first-order chi connectivity index (χ1) is 12.6. The number of halogens is 1. The van der Waals surface area contributed by atoms with Gasteiger partial charge in [-0.05, 0) is 44.2 Å². The standard InChI is InChI=1S/C20H18FN3O2/c1-14(26-20-7-6-16(12-22)10-19(20)21)13-25-18-5-3-4-17(11-18)24-9-8-23-15(24)2/h3-11,14H,13H2,1-2H3/t14-/m0/s1. The minimum Gasteiger partial charge on any atom is -0.490 e. The number of benzene rings is 2. The fraction of sp³-hybridized carbons (Fsp3) is 0.200. The zero-order chi connectivity index (χ0) is 18.5. The Hall–Kier alpha value is -3.33. The number of rotatable bonds is 6. The van der Waals surface area contributed by atoms with Crippen molar-refractivity contribution in [2.45, 2.75) is 20.0 Å². The van der Waals surface area contributed by atoms with E-state index >= 15 is 0 Å². The Labute approximate surface area is 151 Å². The van der Waals surface area contributed by atoms with E-state index in [-0.39, 0.29) is 24.0 Å². The van der Waals surface area contributed by atoms with Gasteiger partial charge in [0.2, 0.25) is 0 Å². The van der Waals surface area contributed by atoms with Crippen LogP contribution in [0, 0.1) is 24.1 Å². The van der Waals surface area contributed by atoms with Crippen LogP contribution in [0.5, 0.6) is 11.5 Å². The highest BCUT2D eigenvalue weighted by Crippen LogP contribution is 2.21. The van der Waals surface area contributed by atoms with Crippen LogP contribution >= 0.6 is 0 Å². The second-order valence-electron chi connectivity index (χ2n) is 5.84. The second kappa shape index (κ2) is 7.70. The molecule has 2 aromatic carbocycles. The number of nitrogens with zero attached hydrogens (tertiary/aromatic N) is 3. The lowest BCUT2D eigenvalue weighted by Crippen LogP contribution is -2.21. The maximum Gasteiger partial charge on any atom is 0.166 e. The minimum absolute atomic E-state index is 0.0999. The quantitative estimate of drug-likeness (QED) is 0.672. The molecular formula is C20H18FN3O2. The smallest absolute Gasteiger partial charge is 0.166 e. The molecule has 3 aromatic rings. The summed E-state index contributed by atoms with van der Waals surface area (Å²) in [6, 6.07) is 13.6. The highest BCUT2D eigenvalue weighted by atomic mass is 19.1. The van der Waals surface area contributed by atoms with Crippen molar-refractivity contribution in [3.05, 3.63) is 72.1 Å². The van der Waals surface area contributed by atoms with E-state index in [4.69, 9.17) is 14.7 Å². The Kier molecular flexibility index (Phi) is 5.18. The first kappa shape index (κ1) is 17.5. The number of aryl methyl sites for hydroxylation is 1. The van der Waals surface area contributed by atoms with Crippen molar-refractivity contribution < 1.29 is 13.9 Å². The summed E-state index contributed by atoms with van der Waals surface area (Å²) in [4.78, 5) is 4.21. The summed E-state index contributed by atoms with van der Waals surface area (Å²) >= 11 is 0. The molecule has 0 saturated heterocycles. The lowest BCUT2D eigenvalue weighted by Gasteiger charge is -2.16. The zero-order valence-electron chi connectivity index (χ0n) is 14.5. The molecule has 0 amide bonds. The van der Waals surface area contributed by atoms with Crippen LogP contribution in [0.2, 0.25) is 0 Å². The van der Waals surface area contributed by atoms with Gasteiger partial charge in [0.1, 0.15) is 24.3 Å². The topological polar surface area (TPSA) is 60.1 Å². The van der Waals surface area contributed by atoms with Gasteiger partial charge in [0, 0.05) is 18.5 Å². The van der Waals surface area contributed by atoms with Gasteiger partial charge in [-0.3, -0.25) is 0 Å². The monoisotopic (exact) mass is 351 g/mol. The molecule has 0 radical (unpaired) electrons. The van der Waals surface area contributed by atoms with Crippen LogP contribution in [0.25, 0.3) is 5.69 Å². The molecule has 0 N–H and O–H groups in total. The largest absolute Gasteiger partial charge is 0.490 e. The summed E-state index contributed by atoms with van der Waals surface area (Å²) in [7, 11) is 0. The van der Waals surface area contributed by atoms with E-state index in [1.54, 1.807) is 13.1 Å². The van der Waals surface area contributed by atoms with Gasteiger partial charge in [0.05, 0.1) is 17.3 Å². The maximum atomic E-state index is 13.9. The highest BCUT2D eigenvalue weighted by molar-refractivity contribution is 5.40. The summed E-state index contributed by atoms with van der Waals surface area (Å²) in [6.45, 7) is 3.98. The van der Waals surface area contributed by atoms with Crippen molar-refractivity contribution in [1.29, 1.82) is 5.26 Å². The average Bonchev–Trinajstić information content (AvgIpc) is 3.08. The van der Waals surface area contributed by atoms with Crippen LogP contribution in [0.3, 0.4) is 0 Å². The number of hydrogen-bond donors (Lipinski definition) is 0. The van der Waals surface area contributed by atoms with E-state index in [9.17, 15) is 4.39 Å². The summed E-state index contributed by atoms with van der Waals surface area (Å²) in [5.74, 6) is 1.11. The normalized spacial score (nSPS) is 11.6. The van der Waals surface area contributed by atoms with Crippen LogP contribution in [0.15, 0.2) is 54.9 Å². The van der Waals surface area contributed by atoms with Gasteiger partial charge in [0.25, 0.3) is 0 Å². The molecule has 1 atom stereocenters. The van der Waals surface area contributed by atoms with Crippen molar-refractivity contribution in [3.8, 4) is 23.3 Å². The van der Waals surface area contributed by atoms with Gasteiger partial charge in [-0.25, -0.2) is 9.37 Å². The average molecular weight is 351 g/mol. The van der Waals surface area contributed by atoms with Gasteiger partial charge >= 0.3 is 0 Å². The zero-order valence-corrected chi connectivity index (χ0v) is 14.5. The van der Waals surface area contributed by atoms with Crippen molar-refractivity contribution in [3.63, 3.8) is 0 Å². The molecule has 132 valence electrons. The van der Waals surface area contributed by atoms with Crippen LogP contribution in [0.4, 0.5) is 4.39 Å². The summed E-state index contributed by atoms with van der Waals surface area (Å²) in [6.07, 6.45) is 3.26. The Morgan fingerprint density at radius 1 is 1.27 bits per heavy atom. The molecule has 0 bridgehead atoms. The Morgan fingerprint density at radius 3 is 2.81 bits per heavy atom. The Morgan fingerprint density at radius 2 is 2.12 bits per heavy atom. The van der Waals surface area contributed by atoms with Gasteiger partial charge in [-0.15, -0.1) is 0 Å². The van der Waals surface area contributed by atoms with Crippen LogP contribution in [0.1, 0.15) is 18.3 Å². The number of ether oxygens (including phenoxy) is 2. The third-order valence-electron chi connectivity index (χ3n) is 3.80. The first-order valence-corrected chi connectivity index (χ1v) is 8.16. The molecule has 0 aliphatic rings. The fourth-order valence-corrected chi connectivity index (χ4v) is 2.50. The number of aromatic nitrogens is 2. The van der Waals surface area contributed by atoms with E-state index in [0.29, 0.717) is 5.75 Å². The van der Waals surface area contributed by atoms with Gasteiger partial charge in [-0.1, -0.05) is 6.07 Å². The minimum atomic E-state index is -0.562. The predicted molar refractivity (Wildman–Crippen MR) is 95.0 cm³/mol. The van der Waals surface area contributed by atoms with E-state index in [2.05, 4.69) is 4.98 Å². The third-order valence-corrected chi connectivity index (χ3v) is 3.80. The van der Waals surface area contributed by atoms with E-state index in [1.165, 1.54) is 12.1 Å². The predicted octanol–water partition coefficient (Wildman–Crippen LogP) is 4.04. The molecule has 0 unspecified atom stereocenters. The molecule has 0 aliphatic heterocycles. The lowest BCUT2D eigenvalue weighted by molar-refractivity contribution is 0.138. The van der Waals surface area contributed by atoms with E-state index < -0.39 is 5.82 Å². The molecule has 1 aromatic heterocycles. The molecule has 26 heavy (non-hydrogen) atoms. The van der Waals surface area contributed by atoms with E-state index in [1.807, 2.05) is 48.0 Å². The Balaban J connectivity index is 1.62. The molecular weight excluding hydrogens is 333 g/mol. The molecule has 0 saturated carbocycles. The van der Waals surface area contributed by atoms with Crippen molar-refractivity contribution >= 4 is 0 Å². The molecule has 5 nitrogen and oxygen atoms in total. The summed E-state index contributed by atoms with van der Waals surface area (Å²) < 4.78 is 27.2.